The predicted octanol–water partition coefficient (Wildman–Crippen LogP) is 1.38. The highest BCUT2D eigenvalue weighted by Gasteiger charge is 2.25. The lowest BCUT2D eigenvalue weighted by molar-refractivity contribution is -0.113. The molecule has 28 heavy (non-hydrogen) atoms. The molecule has 0 saturated heterocycles. The SMILES string of the molecule is Cc1nc(SCC(=O)Nc2sc3c(c2C(N)=O)CCCC3)[nH]c(=O)c1CCO. The molecule has 5 N–H and O–H groups in total. The topological polar surface area (TPSA) is 138 Å². The van der Waals surface area contributed by atoms with Crippen molar-refractivity contribution in [3.05, 3.63) is 37.6 Å². The largest absolute Gasteiger partial charge is 0.396 e. The Morgan fingerprint density at radius 3 is 2.79 bits per heavy atom. The van der Waals surface area contributed by atoms with E-state index < -0.39 is 5.91 Å². The number of H-pyrrole nitrogens is 1. The summed E-state index contributed by atoms with van der Waals surface area (Å²) in [4.78, 5) is 44.3. The molecule has 2 amide bonds. The first-order chi connectivity index (χ1) is 13.4. The highest BCUT2D eigenvalue weighted by atomic mass is 32.2. The molecule has 0 aromatic carbocycles. The Balaban J connectivity index is 1.69. The van der Waals surface area contributed by atoms with Gasteiger partial charge in [-0.2, -0.15) is 0 Å². The first-order valence-corrected chi connectivity index (χ1v) is 10.8. The van der Waals surface area contributed by atoms with Crippen LogP contribution in [0.3, 0.4) is 0 Å². The van der Waals surface area contributed by atoms with Crippen molar-refractivity contribution >= 4 is 39.9 Å². The molecule has 0 unspecified atom stereocenters. The first-order valence-electron chi connectivity index (χ1n) is 8.98. The third-order valence-electron chi connectivity index (χ3n) is 4.57. The molecule has 0 radical (unpaired) electrons. The third-order valence-corrected chi connectivity index (χ3v) is 6.65. The van der Waals surface area contributed by atoms with Crippen LogP contribution in [0.25, 0.3) is 0 Å². The van der Waals surface area contributed by atoms with E-state index >= 15 is 0 Å². The number of aromatic amines is 1. The fourth-order valence-electron chi connectivity index (χ4n) is 3.27. The number of amides is 2. The summed E-state index contributed by atoms with van der Waals surface area (Å²) in [6.45, 7) is 1.56. The number of aliphatic hydroxyl groups is 1. The van der Waals surface area contributed by atoms with E-state index in [1.807, 2.05) is 0 Å². The monoisotopic (exact) mass is 422 g/mol. The second kappa shape index (κ2) is 8.89. The Labute approximate surface area is 170 Å². The van der Waals surface area contributed by atoms with Crippen molar-refractivity contribution in [2.45, 2.75) is 44.2 Å². The van der Waals surface area contributed by atoms with Gasteiger partial charge in [-0.15, -0.1) is 11.3 Å². The minimum absolute atomic E-state index is 0.0303. The van der Waals surface area contributed by atoms with Crippen molar-refractivity contribution in [2.24, 2.45) is 5.73 Å². The first kappa shape index (κ1) is 20.6. The van der Waals surface area contributed by atoms with Gasteiger partial charge in [0.05, 0.1) is 11.3 Å². The molecule has 0 atom stereocenters. The van der Waals surface area contributed by atoms with Gasteiger partial charge in [0.15, 0.2) is 5.16 Å². The molecule has 10 heteroatoms. The van der Waals surface area contributed by atoms with Crippen LogP contribution in [-0.2, 0) is 24.1 Å². The van der Waals surface area contributed by atoms with Crippen LogP contribution >= 0.6 is 23.1 Å². The summed E-state index contributed by atoms with van der Waals surface area (Å²) >= 11 is 2.51. The van der Waals surface area contributed by atoms with Gasteiger partial charge in [0, 0.05) is 29.2 Å². The fraction of sp³-hybridized carbons (Fsp3) is 0.444. The Hall–Kier alpha value is -2.17. The number of nitrogens with zero attached hydrogens (tertiary/aromatic N) is 1. The molecule has 2 heterocycles. The number of hydrogen-bond acceptors (Lipinski definition) is 7. The van der Waals surface area contributed by atoms with Crippen LogP contribution in [0, 0.1) is 6.92 Å². The molecule has 0 saturated carbocycles. The van der Waals surface area contributed by atoms with Crippen LogP contribution in [0.2, 0.25) is 0 Å². The Kier molecular flexibility index (Phi) is 6.53. The number of aryl methyl sites for hydroxylation is 2. The van der Waals surface area contributed by atoms with Crippen LogP contribution < -0.4 is 16.6 Å². The molecule has 2 aromatic rings. The van der Waals surface area contributed by atoms with E-state index in [0.29, 0.717) is 27.0 Å². The number of carbonyl (C=O) groups excluding carboxylic acids is 2. The number of nitrogens with two attached hydrogens (primary N) is 1. The third kappa shape index (κ3) is 4.45. The van der Waals surface area contributed by atoms with E-state index in [1.54, 1.807) is 6.92 Å². The fourth-order valence-corrected chi connectivity index (χ4v) is 5.29. The maximum Gasteiger partial charge on any atom is 0.255 e. The van der Waals surface area contributed by atoms with Gasteiger partial charge in [0.1, 0.15) is 5.00 Å². The van der Waals surface area contributed by atoms with E-state index in [0.717, 1.165) is 47.9 Å². The van der Waals surface area contributed by atoms with Crippen molar-refractivity contribution < 1.29 is 14.7 Å². The molecule has 8 nitrogen and oxygen atoms in total. The van der Waals surface area contributed by atoms with Gasteiger partial charge in [0.25, 0.3) is 11.5 Å². The molecule has 0 spiro atoms. The normalized spacial score (nSPS) is 13.2. The molecule has 0 aliphatic heterocycles. The van der Waals surface area contributed by atoms with Gasteiger partial charge >= 0.3 is 0 Å². The Morgan fingerprint density at radius 2 is 2.11 bits per heavy atom. The maximum absolute atomic E-state index is 12.4. The molecular formula is C18H22N4O4S2. The molecule has 3 rings (SSSR count). The van der Waals surface area contributed by atoms with E-state index in [1.165, 1.54) is 11.3 Å². The highest BCUT2D eigenvalue weighted by molar-refractivity contribution is 7.99. The van der Waals surface area contributed by atoms with Gasteiger partial charge in [-0.3, -0.25) is 14.4 Å². The number of nitrogens with one attached hydrogen (secondary N) is 2. The van der Waals surface area contributed by atoms with Gasteiger partial charge < -0.3 is 21.1 Å². The van der Waals surface area contributed by atoms with E-state index in [-0.39, 0.29) is 30.2 Å². The number of hydrogen-bond donors (Lipinski definition) is 4. The zero-order valence-corrected chi connectivity index (χ0v) is 17.1. The zero-order valence-electron chi connectivity index (χ0n) is 15.5. The summed E-state index contributed by atoms with van der Waals surface area (Å²) in [6, 6.07) is 0. The van der Waals surface area contributed by atoms with Crippen molar-refractivity contribution in [3.63, 3.8) is 0 Å². The number of aromatic nitrogens is 2. The number of fused-ring (bicyclic) bond motifs is 1. The second-order valence-corrected chi connectivity index (χ2v) is 8.59. The average molecular weight is 423 g/mol. The molecule has 150 valence electrons. The summed E-state index contributed by atoms with van der Waals surface area (Å²) in [5.41, 5.74) is 7.58. The number of carbonyl (C=O) groups is 2. The number of anilines is 1. The van der Waals surface area contributed by atoms with Crippen LogP contribution in [-0.4, -0.2) is 39.2 Å². The molecule has 1 aliphatic rings. The lowest BCUT2D eigenvalue weighted by Crippen LogP contribution is -2.21. The number of thiophene rings is 1. The smallest absolute Gasteiger partial charge is 0.255 e. The second-order valence-electron chi connectivity index (χ2n) is 6.52. The standard InChI is InChI=1S/C18H22N4O4S2/c1-9-10(6-7-23)16(26)22-18(20-9)27-8-13(24)21-17-14(15(19)25)11-4-2-3-5-12(11)28-17/h23H,2-8H2,1H3,(H2,19,25)(H,21,24)(H,20,22,26). The minimum atomic E-state index is -0.525. The van der Waals surface area contributed by atoms with Gasteiger partial charge in [-0.1, -0.05) is 11.8 Å². The lowest BCUT2D eigenvalue weighted by atomic mass is 9.95. The van der Waals surface area contributed by atoms with E-state index in [4.69, 9.17) is 10.8 Å². The molecule has 0 bridgehead atoms. The number of thioether (sulfide) groups is 1. The molecule has 0 fully saturated rings. The summed E-state index contributed by atoms with van der Waals surface area (Å²) < 4.78 is 0. The average Bonchev–Trinajstić information content (AvgIpc) is 3.01. The summed E-state index contributed by atoms with van der Waals surface area (Å²) in [5.74, 6) is -0.794. The quantitative estimate of drug-likeness (QED) is 0.393. The number of primary amides is 1. The molecule has 1 aliphatic carbocycles. The van der Waals surface area contributed by atoms with Crippen LogP contribution in [0.5, 0.6) is 0 Å². The summed E-state index contributed by atoms with van der Waals surface area (Å²) in [6.07, 6.45) is 4.02. The number of rotatable bonds is 7. The van der Waals surface area contributed by atoms with Gasteiger partial charge in [-0.25, -0.2) is 4.98 Å². The summed E-state index contributed by atoms with van der Waals surface area (Å²) in [5, 5.41) is 12.6. The van der Waals surface area contributed by atoms with Crippen molar-refractivity contribution in [1.29, 1.82) is 0 Å². The summed E-state index contributed by atoms with van der Waals surface area (Å²) in [7, 11) is 0. The zero-order chi connectivity index (χ0) is 20.3. The van der Waals surface area contributed by atoms with Crippen LogP contribution in [0.15, 0.2) is 9.95 Å². The van der Waals surface area contributed by atoms with Gasteiger partial charge in [-0.05, 0) is 38.2 Å². The highest BCUT2D eigenvalue weighted by Crippen LogP contribution is 2.37. The van der Waals surface area contributed by atoms with Crippen LogP contribution in [0.4, 0.5) is 5.00 Å². The lowest BCUT2D eigenvalue weighted by Gasteiger charge is -2.11. The van der Waals surface area contributed by atoms with E-state index in [9.17, 15) is 14.4 Å². The molecular weight excluding hydrogens is 400 g/mol. The van der Waals surface area contributed by atoms with Crippen molar-refractivity contribution in [2.75, 3.05) is 17.7 Å². The Bertz CT molecular complexity index is 967. The Morgan fingerprint density at radius 1 is 1.36 bits per heavy atom. The minimum Gasteiger partial charge on any atom is -0.396 e. The van der Waals surface area contributed by atoms with Gasteiger partial charge in [0.2, 0.25) is 5.91 Å². The molecule has 2 aromatic heterocycles. The predicted molar refractivity (Wildman–Crippen MR) is 109 cm³/mol. The van der Waals surface area contributed by atoms with Crippen LogP contribution in [0.1, 0.15) is 44.9 Å². The maximum atomic E-state index is 12.4. The van der Waals surface area contributed by atoms with Crippen molar-refractivity contribution in [1.82, 2.24) is 9.97 Å². The number of aliphatic hydroxyl groups excluding tert-OH is 1. The van der Waals surface area contributed by atoms with Crippen molar-refractivity contribution in [3.8, 4) is 0 Å². The van der Waals surface area contributed by atoms with E-state index in [2.05, 4.69) is 15.3 Å².